The molecule has 0 aromatic rings. The molecule has 0 bridgehead atoms. The Balaban J connectivity index is 1.97. The first kappa shape index (κ1) is 10.5. The van der Waals surface area contributed by atoms with E-state index in [0.717, 1.165) is 26.1 Å². The highest BCUT2D eigenvalue weighted by Crippen LogP contribution is 2.05. The molecule has 1 rings (SSSR count). The van der Waals surface area contributed by atoms with Crippen molar-refractivity contribution in [2.75, 3.05) is 26.7 Å². The molecule has 1 fully saturated rings. The zero-order valence-electron chi connectivity index (χ0n) is 8.12. The van der Waals surface area contributed by atoms with Gasteiger partial charge in [-0.3, -0.25) is 4.79 Å². The summed E-state index contributed by atoms with van der Waals surface area (Å²) in [6.45, 7) is 3.06. The molecule has 13 heavy (non-hydrogen) atoms. The standard InChI is InChI=1S/C9H18N2O2/c1-11-6-4-8(7-11)10-5-2-3-9(12)13/h8,10H,2-7H2,1H3,(H,12,13). The van der Waals surface area contributed by atoms with E-state index in [1.54, 1.807) is 0 Å². The van der Waals surface area contributed by atoms with Crippen LogP contribution >= 0.6 is 0 Å². The van der Waals surface area contributed by atoms with Crippen LogP contribution in [0, 0.1) is 0 Å². The summed E-state index contributed by atoms with van der Waals surface area (Å²) < 4.78 is 0. The highest BCUT2D eigenvalue weighted by atomic mass is 16.4. The van der Waals surface area contributed by atoms with E-state index >= 15 is 0 Å². The summed E-state index contributed by atoms with van der Waals surface area (Å²) >= 11 is 0. The summed E-state index contributed by atoms with van der Waals surface area (Å²) in [5, 5.41) is 11.8. The lowest BCUT2D eigenvalue weighted by Crippen LogP contribution is -2.32. The van der Waals surface area contributed by atoms with E-state index in [9.17, 15) is 4.79 Å². The maximum Gasteiger partial charge on any atom is 0.303 e. The molecule has 4 nitrogen and oxygen atoms in total. The van der Waals surface area contributed by atoms with Gasteiger partial charge in [-0.15, -0.1) is 0 Å². The van der Waals surface area contributed by atoms with Crippen LogP contribution in [-0.4, -0.2) is 48.7 Å². The van der Waals surface area contributed by atoms with Crippen LogP contribution in [0.25, 0.3) is 0 Å². The van der Waals surface area contributed by atoms with Gasteiger partial charge >= 0.3 is 5.97 Å². The van der Waals surface area contributed by atoms with Crippen molar-refractivity contribution in [2.24, 2.45) is 0 Å². The van der Waals surface area contributed by atoms with E-state index in [1.165, 1.54) is 6.42 Å². The van der Waals surface area contributed by atoms with Crippen molar-refractivity contribution >= 4 is 5.97 Å². The van der Waals surface area contributed by atoms with Gasteiger partial charge < -0.3 is 15.3 Å². The summed E-state index contributed by atoms with van der Waals surface area (Å²) in [6, 6.07) is 0.568. The zero-order valence-corrected chi connectivity index (χ0v) is 8.12. The summed E-state index contributed by atoms with van der Waals surface area (Å²) in [7, 11) is 2.11. The fourth-order valence-electron chi connectivity index (χ4n) is 1.65. The first-order valence-electron chi connectivity index (χ1n) is 4.82. The number of hydrogen-bond acceptors (Lipinski definition) is 3. The summed E-state index contributed by atoms with van der Waals surface area (Å²) in [6.07, 6.45) is 2.19. The molecule has 0 amide bonds. The maximum absolute atomic E-state index is 10.2. The Kier molecular flexibility index (Phi) is 4.18. The fraction of sp³-hybridized carbons (Fsp3) is 0.889. The zero-order chi connectivity index (χ0) is 9.68. The predicted molar refractivity (Wildman–Crippen MR) is 50.8 cm³/mol. The number of carboxylic acids is 1. The Bertz CT molecular complexity index is 173. The van der Waals surface area contributed by atoms with Crippen molar-refractivity contribution in [1.29, 1.82) is 0 Å². The van der Waals surface area contributed by atoms with Crippen molar-refractivity contribution in [3.05, 3.63) is 0 Å². The summed E-state index contributed by atoms with van der Waals surface area (Å²) in [4.78, 5) is 12.5. The molecule has 1 aliphatic rings. The number of hydrogen-bond donors (Lipinski definition) is 2. The topological polar surface area (TPSA) is 52.6 Å². The third-order valence-corrected chi connectivity index (χ3v) is 2.39. The minimum atomic E-state index is -0.703. The molecule has 2 N–H and O–H groups in total. The Labute approximate surface area is 78.9 Å². The van der Waals surface area contributed by atoms with Crippen LogP contribution < -0.4 is 5.32 Å². The van der Waals surface area contributed by atoms with E-state index in [4.69, 9.17) is 5.11 Å². The minimum Gasteiger partial charge on any atom is -0.481 e. The first-order valence-corrected chi connectivity index (χ1v) is 4.82. The van der Waals surface area contributed by atoms with Gasteiger partial charge in [0.15, 0.2) is 0 Å². The smallest absolute Gasteiger partial charge is 0.303 e. The lowest BCUT2D eigenvalue weighted by atomic mass is 10.2. The number of carbonyl (C=O) groups is 1. The predicted octanol–water partition coefficient (Wildman–Crippen LogP) is 0.145. The first-order chi connectivity index (χ1) is 6.18. The third-order valence-electron chi connectivity index (χ3n) is 2.39. The highest BCUT2D eigenvalue weighted by molar-refractivity contribution is 5.66. The van der Waals surface area contributed by atoms with Gasteiger partial charge in [0.05, 0.1) is 0 Å². The van der Waals surface area contributed by atoms with Crippen LogP contribution in [0.5, 0.6) is 0 Å². The average Bonchev–Trinajstić information content (AvgIpc) is 2.45. The molecular weight excluding hydrogens is 168 g/mol. The molecule has 1 saturated heterocycles. The molecule has 0 spiro atoms. The van der Waals surface area contributed by atoms with Crippen molar-refractivity contribution in [3.63, 3.8) is 0 Å². The molecule has 0 radical (unpaired) electrons. The lowest BCUT2D eigenvalue weighted by molar-refractivity contribution is -0.137. The van der Waals surface area contributed by atoms with E-state index in [2.05, 4.69) is 17.3 Å². The molecule has 0 aliphatic carbocycles. The molecule has 1 atom stereocenters. The second-order valence-corrected chi connectivity index (χ2v) is 3.70. The normalized spacial score (nSPS) is 23.6. The Morgan fingerprint density at radius 2 is 2.46 bits per heavy atom. The quantitative estimate of drug-likeness (QED) is 0.600. The number of nitrogens with zero attached hydrogens (tertiary/aromatic N) is 1. The van der Waals surface area contributed by atoms with Crippen molar-refractivity contribution in [1.82, 2.24) is 10.2 Å². The van der Waals surface area contributed by atoms with E-state index in [0.29, 0.717) is 6.04 Å². The molecule has 0 saturated carbocycles. The van der Waals surface area contributed by atoms with Gasteiger partial charge in [-0.2, -0.15) is 0 Å². The van der Waals surface area contributed by atoms with Crippen LogP contribution in [0.3, 0.4) is 0 Å². The summed E-state index contributed by atoms with van der Waals surface area (Å²) in [5.74, 6) is -0.703. The molecular formula is C9H18N2O2. The number of likely N-dealkylation sites (N-methyl/N-ethyl adjacent to an activating group) is 1. The number of carboxylic acid groups (broad SMARTS) is 1. The lowest BCUT2D eigenvalue weighted by Gasteiger charge is -2.11. The largest absolute Gasteiger partial charge is 0.481 e. The Morgan fingerprint density at radius 1 is 1.69 bits per heavy atom. The monoisotopic (exact) mass is 186 g/mol. The van der Waals surface area contributed by atoms with E-state index in [-0.39, 0.29) is 6.42 Å². The molecule has 4 heteroatoms. The average molecular weight is 186 g/mol. The maximum atomic E-state index is 10.2. The third kappa shape index (κ3) is 4.24. The molecule has 0 aromatic carbocycles. The minimum absolute atomic E-state index is 0.273. The van der Waals surface area contributed by atoms with Crippen LogP contribution in [0.2, 0.25) is 0 Å². The van der Waals surface area contributed by atoms with Crippen LogP contribution in [0.1, 0.15) is 19.3 Å². The molecule has 76 valence electrons. The Hall–Kier alpha value is -0.610. The molecule has 1 heterocycles. The van der Waals surface area contributed by atoms with Gasteiger partial charge in [-0.1, -0.05) is 0 Å². The fourth-order valence-corrected chi connectivity index (χ4v) is 1.65. The van der Waals surface area contributed by atoms with Gasteiger partial charge in [-0.25, -0.2) is 0 Å². The van der Waals surface area contributed by atoms with Crippen molar-refractivity contribution in [3.8, 4) is 0 Å². The van der Waals surface area contributed by atoms with Gasteiger partial charge in [0, 0.05) is 19.0 Å². The molecule has 1 unspecified atom stereocenters. The van der Waals surface area contributed by atoms with Gasteiger partial charge in [0.1, 0.15) is 0 Å². The van der Waals surface area contributed by atoms with Crippen LogP contribution in [0.4, 0.5) is 0 Å². The van der Waals surface area contributed by atoms with Gasteiger partial charge in [0.2, 0.25) is 0 Å². The van der Waals surface area contributed by atoms with Crippen molar-refractivity contribution < 1.29 is 9.90 Å². The SMILES string of the molecule is CN1CCC(NCCCC(=O)O)C1. The Morgan fingerprint density at radius 3 is 3.00 bits per heavy atom. The van der Waals surface area contributed by atoms with Gasteiger partial charge in [-0.05, 0) is 33.0 Å². The molecule has 1 aliphatic heterocycles. The number of rotatable bonds is 5. The number of aliphatic carboxylic acids is 1. The number of nitrogens with one attached hydrogen (secondary N) is 1. The second kappa shape index (κ2) is 5.19. The number of likely N-dealkylation sites (tertiary alicyclic amines) is 1. The van der Waals surface area contributed by atoms with E-state index < -0.39 is 5.97 Å². The molecule has 0 aromatic heterocycles. The van der Waals surface area contributed by atoms with Gasteiger partial charge in [0.25, 0.3) is 0 Å². The highest BCUT2D eigenvalue weighted by Gasteiger charge is 2.17. The van der Waals surface area contributed by atoms with Crippen LogP contribution in [0.15, 0.2) is 0 Å². The summed E-state index contributed by atoms with van der Waals surface area (Å²) in [5.41, 5.74) is 0. The second-order valence-electron chi connectivity index (χ2n) is 3.70. The van der Waals surface area contributed by atoms with Crippen LogP contribution in [-0.2, 0) is 4.79 Å². The van der Waals surface area contributed by atoms with Crippen molar-refractivity contribution in [2.45, 2.75) is 25.3 Å². The van der Waals surface area contributed by atoms with E-state index in [1.807, 2.05) is 0 Å².